The summed E-state index contributed by atoms with van der Waals surface area (Å²) in [5.74, 6) is -1.77. The van der Waals surface area contributed by atoms with Gasteiger partial charge in [-0.2, -0.15) is 0 Å². The van der Waals surface area contributed by atoms with Crippen molar-refractivity contribution in [3.05, 3.63) is 81.8 Å². The lowest BCUT2D eigenvalue weighted by Crippen LogP contribution is -2.26. The van der Waals surface area contributed by atoms with Gasteiger partial charge in [0.05, 0.1) is 22.4 Å². The van der Waals surface area contributed by atoms with Crippen LogP contribution in [0, 0.1) is 0 Å². The fraction of sp³-hybridized carbons (Fsp3) is 0. The summed E-state index contributed by atoms with van der Waals surface area (Å²) in [6, 6.07) is 12.3. The summed E-state index contributed by atoms with van der Waals surface area (Å²) < 4.78 is 1.03. The Morgan fingerprint density at radius 1 is 1.04 bits per heavy atom. The molecule has 3 amide bonds. The largest absolute Gasteiger partial charge is 0.384 e. The van der Waals surface area contributed by atoms with Crippen LogP contribution in [0.25, 0.3) is 5.69 Å². The Hall–Kier alpha value is -4.27. The maximum atomic E-state index is 12.7. The summed E-state index contributed by atoms with van der Waals surface area (Å²) in [4.78, 5) is 53.2. The molecule has 28 heavy (non-hydrogen) atoms. The molecule has 1 aliphatic heterocycles. The number of anilines is 2. The van der Waals surface area contributed by atoms with Gasteiger partial charge in [0.1, 0.15) is 11.6 Å². The molecular weight excluding hydrogens is 362 g/mol. The molecule has 0 aliphatic carbocycles. The Morgan fingerprint density at radius 3 is 2.54 bits per heavy atom. The van der Waals surface area contributed by atoms with Crippen molar-refractivity contribution in [2.75, 3.05) is 11.1 Å². The van der Waals surface area contributed by atoms with Gasteiger partial charge in [0.25, 0.3) is 23.3 Å². The minimum Gasteiger partial charge on any atom is -0.384 e. The lowest BCUT2D eigenvalue weighted by atomic mass is 10.1. The van der Waals surface area contributed by atoms with E-state index in [0.29, 0.717) is 5.82 Å². The number of aromatic nitrogens is 2. The summed E-state index contributed by atoms with van der Waals surface area (Å²) in [7, 11) is 0. The number of carbonyl (C=O) groups excluding carboxylic acids is 3. The van der Waals surface area contributed by atoms with Gasteiger partial charge in [-0.1, -0.05) is 18.2 Å². The maximum absolute atomic E-state index is 12.7. The van der Waals surface area contributed by atoms with E-state index in [1.165, 1.54) is 18.3 Å². The zero-order valence-corrected chi connectivity index (χ0v) is 14.3. The minimum absolute atomic E-state index is 0.0841. The Morgan fingerprint density at radius 2 is 1.79 bits per heavy atom. The van der Waals surface area contributed by atoms with E-state index in [-0.39, 0.29) is 28.2 Å². The molecule has 0 saturated heterocycles. The number of para-hydroxylation sites is 1. The zero-order chi connectivity index (χ0) is 19.8. The summed E-state index contributed by atoms with van der Waals surface area (Å²) in [5, 5.41) is 4.74. The lowest BCUT2D eigenvalue weighted by Gasteiger charge is -2.15. The summed E-state index contributed by atoms with van der Waals surface area (Å²) >= 11 is 0. The Kier molecular flexibility index (Phi) is 3.96. The molecule has 0 fully saturated rings. The first kappa shape index (κ1) is 17.2. The number of rotatable bonds is 3. The molecule has 0 atom stereocenters. The van der Waals surface area contributed by atoms with Crippen molar-refractivity contribution in [3.63, 3.8) is 0 Å². The Bertz CT molecular complexity index is 1200. The number of fused-ring (bicyclic) bond motifs is 1. The third kappa shape index (κ3) is 2.71. The average molecular weight is 375 g/mol. The van der Waals surface area contributed by atoms with Crippen LogP contribution in [0.2, 0.25) is 0 Å². The number of nitrogens with one attached hydrogen (secondary N) is 2. The molecule has 9 heteroatoms. The second-order valence-corrected chi connectivity index (χ2v) is 5.96. The number of benzene rings is 1. The van der Waals surface area contributed by atoms with E-state index in [1.54, 1.807) is 30.3 Å². The van der Waals surface area contributed by atoms with Crippen LogP contribution in [0.5, 0.6) is 0 Å². The highest BCUT2D eigenvalue weighted by Gasteiger charge is 2.32. The van der Waals surface area contributed by atoms with Crippen LogP contribution in [0.15, 0.2) is 59.5 Å². The van der Waals surface area contributed by atoms with E-state index in [0.717, 1.165) is 10.6 Å². The maximum Gasteiger partial charge on any atom is 0.262 e. The van der Waals surface area contributed by atoms with Gasteiger partial charge < -0.3 is 11.1 Å². The molecule has 0 bridgehead atoms. The molecule has 0 unspecified atom stereocenters. The number of carbonyl (C=O) groups is 3. The van der Waals surface area contributed by atoms with Crippen LogP contribution in [0.1, 0.15) is 31.1 Å². The topological polar surface area (TPSA) is 136 Å². The first-order chi connectivity index (χ1) is 13.5. The van der Waals surface area contributed by atoms with Gasteiger partial charge >= 0.3 is 0 Å². The second-order valence-electron chi connectivity index (χ2n) is 5.96. The first-order valence-electron chi connectivity index (χ1n) is 8.20. The number of amides is 3. The molecule has 1 aromatic carbocycles. The minimum atomic E-state index is -0.693. The van der Waals surface area contributed by atoms with Crippen molar-refractivity contribution in [2.24, 2.45) is 0 Å². The third-order valence-corrected chi connectivity index (χ3v) is 4.25. The Labute approximate surface area is 157 Å². The van der Waals surface area contributed by atoms with Gasteiger partial charge in [-0.25, -0.2) is 4.98 Å². The van der Waals surface area contributed by atoms with E-state index < -0.39 is 23.3 Å². The van der Waals surface area contributed by atoms with Gasteiger partial charge in [-0.3, -0.25) is 29.1 Å². The van der Waals surface area contributed by atoms with E-state index in [4.69, 9.17) is 5.73 Å². The third-order valence-electron chi connectivity index (χ3n) is 4.25. The summed E-state index contributed by atoms with van der Waals surface area (Å²) in [5.41, 5.74) is 5.55. The summed E-state index contributed by atoms with van der Waals surface area (Å²) in [6.45, 7) is 0. The van der Waals surface area contributed by atoms with Crippen LogP contribution >= 0.6 is 0 Å². The van der Waals surface area contributed by atoms with E-state index in [9.17, 15) is 19.2 Å². The number of nitrogens with two attached hydrogens (primary N) is 1. The van der Waals surface area contributed by atoms with Gasteiger partial charge in [-0.15, -0.1) is 0 Å². The van der Waals surface area contributed by atoms with Crippen LogP contribution in [-0.4, -0.2) is 27.3 Å². The second kappa shape index (κ2) is 6.47. The normalized spacial score (nSPS) is 12.4. The first-order valence-corrected chi connectivity index (χ1v) is 8.20. The summed E-state index contributed by atoms with van der Waals surface area (Å²) in [6.07, 6.45) is 1.53. The molecule has 4 N–H and O–H groups in total. The molecule has 9 nitrogen and oxygen atoms in total. The molecule has 2 aromatic heterocycles. The van der Waals surface area contributed by atoms with Crippen molar-refractivity contribution in [2.45, 2.75) is 0 Å². The van der Waals surface area contributed by atoms with Gasteiger partial charge in [-0.05, 0) is 24.3 Å². The van der Waals surface area contributed by atoms with Crippen molar-refractivity contribution in [1.29, 1.82) is 0 Å². The van der Waals surface area contributed by atoms with Crippen LogP contribution < -0.4 is 21.9 Å². The monoisotopic (exact) mass is 375 g/mol. The van der Waals surface area contributed by atoms with Crippen molar-refractivity contribution in [1.82, 2.24) is 14.9 Å². The number of hydrogen-bond donors (Lipinski definition) is 3. The molecule has 0 radical (unpaired) electrons. The van der Waals surface area contributed by atoms with E-state index >= 15 is 0 Å². The van der Waals surface area contributed by atoms with Gasteiger partial charge in [0.2, 0.25) is 0 Å². The predicted molar refractivity (Wildman–Crippen MR) is 100 cm³/mol. The van der Waals surface area contributed by atoms with Crippen LogP contribution in [-0.2, 0) is 0 Å². The molecule has 3 aromatic rings. The molecular formula is C19H13N5O4. The molecule has 3 heterocycles. The number of pyridine rings is 2. The standard InChI is InChI=1S/C19H13N5O4/c20-16-15-11(18(27)23-19(15)28)9-14(25)24(16)12-6-2-1-5-10(12)17(26)22-13-7-3-4-8-21-13/h1-9H,20H2,(H,21,22,26)(H,23,27,28). The fourth-order valence-corrected chi connectivity index (χ4v) is 3.01. The lowest BCUT2D eigenvalue weighted by molar-refractivity contribution is 0.0879. The molecule has 0 saturated carbocycles. The number of nitrogen functional groups attached to an aromatic ring is 1. The average Bonchev–Trinajstić information content (AvgIpc) is 2.96. The number of imide groups is 1. The van der Waals surface area contributed by atoms with E-state index in [1.807, 2.05) is 0 Å². The highest BCUT2D eigenvalue weighted by molar-refractivity contribution is 6.23. The van der Waals surface area contributed by atoms with E-state index in [2.05, 4.69) is 15.6 Å². The van der Waals surface area contributed by atoms with Crippen LogP contribution in [0.4, 0.5) is 11.6 Å². The highest BCUT2D eigenvalue weighted by atomic mass is 16.2. The predicted octanol–water partition coefficient (Wildman–Crippen LogP) is 0.951. The SMILES string of the molecule is Nc1c2c(cc(=O)n1-c1ccccc1C(=O)Nc1ccccn1)C(=O)NC2=O. The van der Waals surface area contributed by atoms with Gasteiger partial charge in [0, 0.05) is 12.3 Å². The zero-order valence-electron chi connectivity index (χ0n) is 14.3. The smallest absolute Gasteiger partial charge is 0.262 e. The van der Waals surface area contributed by atoms with Crippen LogP contribution in [0.3, 0.4) is 0 Å². The molecule has 1 aliphatic rings. The number of hydrogen-bond acceptors (Lipinski definition) is 6. The Balaban J connectivity index is 1.85. The van der Waals surface area contributed by atoms with Crippen molar-refractivity contribution in [3.8, 4) is 5.69 Å². The highest BCUT2D eigenvalue weighted by Crippen LogP contribution is 2.24. The van der Waals surface area contributed by atoms with Crippen molar-refractivity contribution < 1.29 is 14.4 Å². The number of nitrogens with zero attached hydrogens (tertiary/aromatic N) is 2. The molecule has 0 spiro atoms. The quantitative estimate of drug-likeness (QED) is 0.583. The van der Waals surface area contributed by atoms with Crippen molar-refractivity contribution >= 4 is 29.4 Å². The molecule has 138 valence electrons. The van der Waals surface area contributed by atoms with Gasteiger partial charge in [0.15, 0.2) is 0 Å². The fourth-order valence-electron chi connectivity index (χ4n) is 3.01. The molecule has 4 rings (SSSR count).